The molecule has 2 nitrogen and oxygen atoms in total. The number of carbonyl (C=O) groups excluding carboxylic acids is 1. The summed E-state index contributed by atoms with van der Waals surface area (Å²) in [5, 5.41) is -0.140. The highest BCUT2D eigenvalue weighted by molar-refractivity contribution is 6.56. The Morgan fingerprint density at radius 2 is 1.39 bits per heavy atom. The normalized spacial score (nSPS) is 10.6. The monoisotopic (exact) mass is 348 g/mol. The summed E-state index contributed by atoms with van der Waals surface area (Å²) in [4.78, 5) is 11.8. The zero-order chi connectivity index (χ0) is 13.9. The molecule has 0 aliphatic heterocycles. The maximum absolute atomic E-state index is 11.8. The molecule has 0 aliphatic carbocycles. The van der Waals surface area contributed by atoms with Crippen LogP contribution in [0.3, 0.4) is 0 Å². The van der Waals surface area contributed by atoms with Crippen molar-refractivity contribution in [3.8, 4) is 0 Å². The van der Waals surface area contributed by atoms with E-state index >= 15 is 0 Å². The fourth-order valence-electron chi connectivity index (χ4n) is 1.17. The summed E-state index contributed by atoms with van der Waals surface area (Å²) in [7, 11) is 0. The molecule has 0 saturated heterocycles. The van der Waals surface area contributed by atoms with Gasteiger partial charge in [-0.2, -0.15) is 0 Å². The van der Waals surface area contributed by atoms with Crippen molar-refractivity contribution < 1.29 is 9.53 Å². The highest BCUT2D eigenvalue weighted by Crippen LogP contribution is 2.44. The molecule has 0 amide bonds. The van der Waals surface area contributed by atoms with Gasteiger partial charge in [-0.05, 0) is 6.42 Å². The van der Waals surface area contributed by atoms with Crippen molar-refractivity contribution in [3.63, 3.8) is 0 Å². The molecule has 0 N–H and O–H groups in total. The van der Waals surface area contributed by atoms with Gasteiger partial charge < -0.3 is 4.74 Å². The second-order valence-electron chi connectivity index (χ2n) is 3.43. The van der Waals surface area contributed by atoms with E-state index in [0.29, 0.717) is 0 Å². The average molecular weight is 350 g/mol. The predicted molar refractivity (Wildman–Crippen MR) is 76.7 cm³/mol. The lowest BCUT2D eigenvalue weighted by Crippen LogP contribution is -2.08. The minimum atomic E-state index is -0.668. The van der Waals surface area contributed by atoms with Crippen LogP contribution in [0, 0.1) is 0 Å². The van der Waals surface area contributed by atoms with E-state index in [2.05, 4.69) is 0 Å². The van der Waals surface area contributed by atoms with E-state index in [-0.39, 0.29) is 37.3 Å². The topological polar surface area (TPSA) is 26.3 Å². The molecule has 0 heterocycles. The standard InChI is InChI=1S/C11H9Cl5O2/c1-2-3-4-18-11(17)5-6(12)8(14)10(16)9(15)7(5)13/h2-4H2,1H3. The number of halogens is 5. The molecule has 0 fully saturated rings. The van der Waals surface area contributed by atoms with Crippen LogP contribution in [0.15, 0.2) is 0 Å². The molecule has 0 aliphatic rings. The van der Waals surface area contributed by atoms with Crippen molar-refractivity contribution in [2.45, 2.75) is 19.8 Å². The molecule has 1 aromatic rings. The molecule has 0 atom stereocenters. The highest BCUT2D eigenvalue weighted by atomic mass is 35.5. The van der Waals surface area contributed by atoms with Crippen molar-refractivity contribution in [1.82, 2.24) is 0 Å². The highest BCUT2D eigenvalue weighted by Gasteiger charge is 2.24. The van der Waals surface area contributed by atoms with E-state index in [1.165, 1.54) is 0 Å². The molecular formula is C11H9Cl5O2. The molecule has 100 valence electrons. The molecule has 7 heteroatoms. The van der Waals surface area contributed by atoms with Gasteiger partial charge in [-0.3, -0.25) is 0 Å². The van der Waals surface area contributed by atoms with Gasteiger partial charge in [-0.25, -0.2) is 4.79 Å². The Bertz CT molecular complexity index is 444. The van der Waals surface area contributed by atoms with Gasteiger partial charge in [0, 0.05) is 0 Å². The van der Waals surface area contributed by atoms with Crippen LogP contribution in [-0.4, -0.2) is 12.6 Å². The van der Waals surface area contributed by atoms with Crippen LogP contribution in [0.25, 0.3) is 0 Å². The first-order valence-corrected chi connectivity index (χ1v) is 6.99. The Morgan fingerprint density at radius 3 is 1.83 bits per heavy atom. The minimum Gasteiger partial charge on any atom is -0.462 e. The van der Waals surface area contributed by atoms with Crippen molar-refractivity contribution in [2.75, 3.05) is 6.61 Å². The Labute approximate surface area is 130 Å². The van der Waals surface area contributed by atoms with E-state index in [1.807, 2.05) is 6.92 Å². The Balaban J connectivity index is 3.13. The van der Waals surface area contributed by atoms with E-state index in [9.17, 15) is 4.79 Å². The Morgan fingerprint density at radius 1 is 0.944 bits per heavy atom. The van der Waals surface area contributed by atoms with Crippen molar-refractivity contribution in [1.29, 1.82) is 0 Å². The molecule has 0 spiro atoms. The number of hydrogen-bond donors (Lipinski definition) is 0. The summed E-state index contributed by atoms with van der Waals surface area (Å²) >= 11 is 29.4. The third kappa shape index (κ3) is 3.37. The molecule has 0 saturated carbocycles. The quantitative estimate of drug-likeness (QED) is 0.292. The summed E-state index contributed by atoms with van der Waals surface area (Å²) < 4.78 is 5.01. The number of unbranched alkanes of at least 4 members (excludes halogenated alkanes) is 1. The number of hydrogen-bond acceptors (Lipinski definition) is 2. The SMILES string of the molecule is CCCCOC(=O)c1c(Cl)c(Cl)c(Cl)c(Cl)c1Cl. The first-order chi connectivity index (χ1) is 8.41. The molecule has 0 radical (unpaired) electrons. The molecule has 0 unspecified atom stereocenters. The van der Waals surface area contributed by atoms with Crippen molar-refractivity contribution in [3.05, 3.63) is 30.7 Å². The van der Waals surface area contributed by atoms with Gasteiger partial charge in [0.1, 0.15) is 0 Å². The predicted octanol–water partition coefficient (Wildman–Crippen LogP) is 5.91. The maximum Gasteiger partial charge on any atom is 0.341 e. The summed E-state index contributed by atoms with van der Waals surface area (Å²) in [6.07, 6.45) is 1.65. The van der Waals surface area contributed by atoms with E-state index in [0.717, 1.165) is 12.8 Å². The van der Waals surface area contributed by atoms with Gasteiger partial charge in [0.05, 0.1) is 37.3 Å². The number of benzene rings is 1. The van der Waals surface area contributed by atoms with Crippen LogP contribution in [0.4, 0.5) is 0 Å². The Hall–Kier alpha value is 0.140. The fourth-order valence-corrected chi connectivity index (χ4v) is 2.46. The van der Waals surface area contributed by atoms with Crippen LogP contribution in [0.1, 0.15) is 30.1 Å². The first-order valence-electron chi connectivity index (χ1n) is 5.10. The molecule has 0 bridgehead atoms. The smallest absolute Gasteiger partial charge is 0.341 e. The van der Waals surface area contributed by atoms with Gasteiger partial charge in [-0.15, -0.1) is 0 Å². The van der Waals surface area contributed by atoms with Gasteiger partial charge >= 0.3 is 5.97 Å². The zero-order valence-electron chi connectivity index (χ0n) is 9.33. The summed E-state index contributed by atoms with van der Waals surface area (Å²) in [5.74, 6) is -0.668. The van der Waals surface area contributed by atoms with Gasteiger partial charge in [0.25, 0.3) is 0 Å². The second-order valence-corrected chi connectivity index (χ2v) is 5.32. The minimum absolute atomic E-state index is 0.0124. The van der Waals surface area contributed by atoms with Crippen LogP contribution < -0.4 is 0 Å². The zero-order valence-corrected chi connectivity index (χ0v) is 13.1. The molecule has 18 heavy (non-hydrogen) atoms. The summed E-state index contributed by atoms with van der Waals surface area (Å²) in [5.41, 5.74) is -0.0613. The van der Waals surface area contributed by atoms with E-state index in [1.54, 1.807) is 0 Å². The average Bonchev–Trinajstić information content (AvgIpc) is 2.34. The molecule has 1 rings (SSSR count). The summed E-state index contributed by atoms with van der Waals surface area (Å²) in [6.45, 7) is 2.25. The third-order valence-corrected chi connectivity index (χ3v) is 4.42. The lowest BCUT2D eigenvalue weighted by molar-refractivity contribution is 0.0500. The number of esters is 1. The van der Waals surface area contributed by atoms with E-state index in [4.69, 9.17) is 62.7 Å². The molecule has 1 aromatic carbocycles. The van der Waals surface area contributed by atoms with Gasteiger partial charge in [0.15, 0.2) is 0 Å². The van der Waals surface area contributed by atoms with Crippen LogP contribution in [0.2, 0.25) is 25.1 Å². The van der Waals surface area contributed by atoms with Crippen molar-refractivity contribution >= 4 is 64.0 Å². The number of ether oxygens (including phenoxy) is 1. The Kier molecular flexibility index (Phi) is 6.36. The van der Waals surface area contributed by atoms with Crippen LogP contribution >= 0.6 is 58.0 Å². The second kappa shape index (κ2) is 7.06. The summed E-state index contributed by atoms with van der Waals surface area (Å²) in [6, 6.07) is 0. The molecular weight excluding hydrogens is 341 g/mol. The lowest BCUT2D eigenvalue weighted by Gasteiger charge is -2.11. The number of carbonyl (C=O) groups is 1. The largest absolute Gasteiger partial charge is 0.462 e. The van der Waals surface area contributed by atoms with Gasteiger partial charge in [-0.1, -0.05) is 71.3 Å². The molecule has 0 aromatic heterocycles. The number of rotatable bonds is 4. The third-order valence-electron chi connectivity index (χ3n) is 2.14. The van der Waals surface area contributed by atoms with Crippen molar-refractivity contribution in [2.24, 2.45) is 0 Å². The van der Waals surface area contributed by atoms with Gasteiger partial charge in [0.2, 0.25) is 0 Å². The lowest BCUT2D eigenvalue weighted by atomic mass is 10.2. The van der Waals surface area contributed by atoms with E-state index < -0.39 is 5.97 Å². The van der Waals surface area contributed by atoms with Crippen LogP contribution in [0.5, 0.6) is 0 Å². The fraction of sp³-hybridized carbons (Fsp3) is 0.364. The van der Waals surface area contributed by atoms with Crippen LogP contribution in [-0.2, 0) is 4.74 Å². The first kappa shape index (κ1) is 16.2. The maximum atomic E-state index is 11.8.